The molecule has 0 radical (unpaired) electrons. The first-order valence-electron chi connectivity index (χ1n) is 7.08. The lowest BCUT2D eigenvalue weighted by Crippen LogP contribution is -2.22. The van der Waals surface area contributed by atoms with E-state index in [2.05, 4.69) is 55.6 Å². The van der Waals surface area contributed by atoms with Gasteiger partial charge in [0.05, 0.1) is 0 Å². The molecule has 0 aliphatic heterocycles. The number of fused-ring (bicyclic) bond motifs is 1. The summed E-state index contributed by atoms with van der Waals surface area (Å²) in [5.41, 5.74) is 0. The van der Waals surface area contributed by atoms with E-state index >= 15 is 0 Å². The van der Waals surface area contributed by atoms with Crippen LogP contribution in [0.3, 0.4) is 0 Å². The van der Waals surface area contributed by atoms with Crippen LogP contribution in [0, 0.1) is 5.92 Å². The quantitative estimate of drug-likeness (QED) is 0.761. The summed E-state index contributed by atoms with van der Waals surface area (Å²) in [6, 6.07) is 14.6. The van der Waals surface area contributed by atoms with E-state index in [1.165, 1.54) is 17.2 Å². The summed E-state index contributed by atoms with van der Waals surface area (Å²) in [6.07, 6.45) is 1.22. The van der Waals surface area contributed by atoms with Crippen molar-refractivity contribution in [3.05, 3.63) is 42.5 Å². The highest BCUT2D eigenvalue weighted by atomic mass is 16.5. The minimum Gasteiger partial charge on any atom is -0.492 e. The first-order valence-corrected chi connectivity index (χ1v) is 7.08. The van der Waals surface area contributed by atoms with Crippen LogP contribution in [0.1, 0.15) is 20.3 Å². The molecule has 0 aromatic heterocycles. The summed E-state index contributed by atoms with van der Waals surface area (Å²) in [5, 5.41) is 5.88. The van der Waals surface area contributed by atoms with Gasteiger partial charge in [-0.05, 0) is 41.8 Å². The maximum atomic E-state index is 5.76. The van der Waals surface area contributed by atoms with Crippen molar-refractivity contribution in [1.29, 1.82) is 0 Å². The van der Waals surface area contributed by atoms with Gasteiger partial charge in [0.2, 0.25) is 0 Å². The Labute approximate surface area is 115 Å². The molecular weight excluding hydrogens is 234 g/mol. The number of benzene rings is 2. The molecule has 0 saturated heterocycles. The molecule has 0 heterocycles. The van der Waals surface area contributed by atoms with Crippen LogP contribution in [-0.4, -0.2) is 19.7 Å². The highest BCUT2D eigenvalue weighted by molar-refractivity contribution is 5.83. The van der Waals surface area contributed by atoms with Crippen LogP contribution in [0.2, 0.25) is 0 Å². The number of hydrogen-bond acceptors (Lipinski definition) is 2. The standard InChI is InChI=1S/C17H23NO/c1-14(2)9-10-18-11-12-19-17-8-7-15-5-3-4-6-16(15)13-17/h3-8,13-14,18H,9-12H2,1-2H3. The third kappa shape index (κ3) is 4.56. The first kappa shape index (κ1) is 13.9. The Bertz CT molecular complexity index is 507. The number of ether oxygens (including phenoxy) is 1. The largest absolute Gasteiger partial charge is 0.492 e. The topological polar surface area (TPSA) is 21.3 Å². The molecule has 2 heteroatoms. The van der Waals surface area contributed by atoms with E-state index in [-0.39, 0.29) is 0 Å². The van der Waals surface area contributed by atoms with Crippen molar-refractivity contribution in [2.75, 3.05) is 19.7 Å². The SMILES string of the molecule is CC(C)CCNCCOc1ccc2ccccc2c1. The highest BCUT2D eigenvalue weighted by Crippen LogP contribution is 2.20. The number of hydrogen-bond donors (Lipinski definition) is 1. The Morgan fingerprint density at radius 3 is 2.58 bits per heavy atom. The van der Waals surface area contributed by atoms with Gasteiger partial charge in [0.15, 0.2) is 0 Å². The van der Waals surface area contributed by atoms with Crippen LogP contribution < -0.4 is 10.1 Å². The fourth-order valence-corrected chi connectivity index (χ4v) is 2.01. The molecule has 0 bridgehead atoms. The van der Waals surface area contributed by atoms with E-state index in [4.69, 9.17) is 4.74 Å². The fraction of sp³-hybridized carbons (Fsp3) is 0.412. The summed E-state index contributed by atoms with van der Waals surface area (Å²) in [7, 11) is 0. The molecule has 2 aromatic rings. The van der Waals surface area contributed by atoms with Crippen molar-refractivity contribution >= 4 is 10.8 Å². The Morgan fingerprint density at radius 1 is 1.00 bits per heavy atom. The van der Waals surface area contributed by atoms with Crippen molar-refractivity contribution in [2.24, 2.45) is 5.92 Å². The zero-order chi connectivity index (χ0) is 13.5. The van der Waals surface area contributed by atoms with Crippen LogP contribution >= 0.6 is 0 Å². The van der Waals surface area contributed by atoms with Gasteiger partial charge in [-0.25, -0.2) is 0 Å². The van der Waals surface area contributed by atoms with Crippen molar-refractivity contribution in [2.45, 2.75) is 20.3 Å². The molecule has 2 rings (SSSR count). The van der Waals surface area contributed by atoms with Crippen molar-refractivity contribution in [3.8, 4) is 5.75 Å². The van der Waals surface area contributed by atoms with Crippen molar-refractivity contribution in [1.82, 2.24) is 5.32 Å². The van der Waals surface area contributed by atoms with E-state index in [1.807, 2.05) is 6.07 Å². The maximum Gasteiger partial charge on any atom is 0.120 e. The maximum absolute atomic E-state index is 5.76. The van der Waals surface area contributed by atoms with Gasteiger partial charge in [0.25, 0.3) is 0 Å². The van der Waals surface area contributed by atoms with Crippen molar-refractivity contribution in [3.63, 3.8) is 0 Å². The molecule has 0 aliphatic carbocycles. The monoisotopic (exact) mass is 257 g/mol. The van der Waals surface area contributed by atoms with Gasteiger partial charge >= 0.3 is 0 Å². The molecule has 2 aromatic carbocycles. The van der Waals surface area contributed by atoms with E-state index in [0.717, 1.165) is 31.4 Å². The molecule has 2 nitrogen and oxygen atoms in total. The molecule has 102 valence electrons. The molecule has 0 amide bonds. The average molecular weight is 257 g/mol. The third-order valence-corrected chi connectivity index (χ3v) is 3.17. The Hall–Kier alpha value is -1.54. The number of nitrogens with one attached hydrogen (secondary N) is 1. The van der Waals surface area contributed by atoms with Crippen LogP contribution in [0.15, 0.2) is 42.5 Å². The zero-order valence-electron chi connectivity index (χ0n) is 11.9. The zero-order valence-corrected chi connectivity index (χ0v) is 11.9. The van der Waals surface area contributed by atoms with Gasteiger partial charge in [-0.3, -0.25) is 0 Å². The van der Waals surface area contributed by atoms with E-state index in [9.17, 15) is 0 Å². The van der Waals surface area contributed by atoms with Crippen molar-refractivity contribution < 1.29 is 4.74 Å². The summed E-state index contributed by atoms with van der Waals surface area (Å²) in [5.74, 6) is 1.71. The molecule has 0 atom stereocenters. The van der Waals surface area contributed by atoms with Gasteiger partial charge in [-0.1, -0.05) is 44.2 Å². The van der Waals surface area contributed by atoms with E-state index in [1.54, 1.807) is 0 Å². The first-order chi connectivity index (χ1) is 9.25. The normalized spacial score (nSPS) is 11.1. The molecule has 0 saturated carbocycles. The summed E-state index contributed by atoms with van der Waals surface area (Å²) in [6.45, 7) is 7.18. The van der Waals surface area contributed by atoms with Crippen LogP contribution in [-0.2, 0) is 0 Å². The molecule has 0 aliphatic rings. The average Bonchev–Trinajstić information content (AvgIpc) is 2.42. The lowest BCUT2D eigenvalue weighted by molar-refractivity contribution is 0.313. The summed E-state index contributed by atoms with van der Waals surface area (Å²) in [4.78, 5) is 0. The van der Waals surface area contributed by atoms with E-state index in [0.29, 0.717) is 0 Å². The highest BCUT2D eigenvalue weighted by Gasteiger charge is 1.97. The second kappa shape index (κ2) is 7.15. The van der Waals surface area contributed by atoms with Gasteiger partial charge in [0.1, 0.15) is 12.4 Å². The molecule has 1 N–H and O–H groups in total. The molecule has 19 heavy (non-hydrogen) atoms. The fourth-order valence-electron chi connectivity index (χ4n) is 2.01. The predicted molar refractivity (Wildman–Crippen MR) is 81.8 cm³/mol. The van der Waals surface area contributed by atoms with Gasteiger partial charge in [0, 0.05) is 6.54 Å². The van der Waals surface area contributed by atoms with Gasteiger partial charge in [-0.15, -0.1) is 0 Å². The summed E-state index contributed by atoms with van der Waals surface area (Å²) >= 11 is 0. The molecular formula is C17H23NO. The predicted octanol–water partition coefficient (Wildman–Crippen LogP) is 3.85. The Balaban J connectivity index is 1.75. The lowest BCUT2D eigenvalue weighted by atomic mass is 10.1. The molecule has 0 fully saturated rings. The third-order valence-electron chi connectivity index (χ3n) is 3.17. The number of rotatable bonds is 7. The minimum atomic E-state index is 0.719. The lowest BCUT2D eigenvalue weighted by Gasteiger charge is -2.09. The van der Waals surface area contributed by atoms with Crippen LogP contribution in [0.4, 0.5) is 0 Å². The minimum absolute atomic E-state index is 0.719. The van der Waals surface area contributed by atoms with Crippen LogP contribution in [0.5, 0.6) is 5.75 Å². The smallest absolute Gasteiger partial charge is 0.120 e. The second-order valence-electron chi connectivity index (χ2n) is 5.29. The van der Waals surface area contributed by atoms with E-state index < -0.39 is 0 Å². The van der Waals surface area contributed by atoms with Gasteiger partial charge < -0.3 is 10.1 Å². The van der Waals surface area contributed by atoms with Gasteiger partial charge in [-0.2, -0.15) is 0 Å². The Morgan fingerprint density at radius 2 is 1.79 bits per heavy atom. The second-order valence-corrected chi connectivity index (χ2v) is 5.29. The summed E-state index contributed by atoms with van der Waals surface area (Å²) < 4.78 is 5.76. The Kier molecular flexibility index (Phi) is 5.22. The van der Waals surface area contributed by atoms with Crippen LogP contribution in [0.25, 0.3) is 10.8 Å². The molecule has 0 spiro atoms. The molecule has 0 unspecified atom stereocenters.